The fraction of sp³-hybridized carbons (Fsp3) is 0.781. The van der Waals surface area contributed by atoms with Gasteiger partial charge in [-0.3, -0.25) is 9.59 Å². The zero-order chi connectivity index (χ0) is 29.3. The maximum absolute atomic E-state index is 13.9. The molecule has 5 aliphatic rings. The number of amides is 1. The van der Waals surface area contributed by atoms with Crippen molar-refractivity contribution in [3.05, 3.63) is 17.7 Å². The van der Waals surface area contributed by atoms with E-state index in [-0.39, 0.29) is 29.8 Å². The van der Waals surface area contributed by atoms with Crippen LogP contribution in [0.3, 0.4) is 0 Å². The fourth-order valence-electron chi connectivity index (χ4n) is 8.82. The molecule has 1 aliphatic heterocycles. The average molecular weight is 606 g/mol. The highest BCUT2D eigenvalue weighted by Gasteiger charge is 2.56. The van der Waals surface area contributed by atoms with E-state index in [0.29, 0.717) is 41.9 Å². The van der Waals surface area contributed by atoms with Gasteiger partial charge in [0.2, 0.25) is 0 Å². The van der Waals surface area contributed by atoms with Crippen LogP contribution in [0.4, 0.5) is 14.6 Å². The molecule has 0 spiro atoms. The number of pyridine rings is 1. The van der Waals surface area contributed by atoms with Gasteiger partial charge in [0.1, 0.15) is 10.8 Å². The number of nitrogens with zero attached hydrogens (tertiary/aromatic N) is 2. The van der Waals surface area contributed by atoms with Crippen LogP contribution >= 0.6 is 11.8 Å². The van der Waals surface area contributed by atoms with Gasteiger partial charge in [-0.15, -0.1) is 11.8 Å². The molecule has 4 saturated carbocycles. The summed E-state index contributed by atoms with van der Waals surface area (Å²) in [5, 5.41) is 4.59. The number of carbonyl (C=O) groups excluding carboxylic acids is 2. The molecule has 42 heavy (non-hydrogen) atoms. The lowest BCUT2D eigenvalue weighted by Crippen LogP contribution is -2.43. The summed E-state index contributed by atoms with van der Waals surface area (Å²) >= 11 is 1.74. The zero-order valence-corrected chi connectivity index (χ0v) is 25.5. The van der Waals surface area contributed by atoms with Crippen LogP contribution in [0, 0.1) is 23.7 Å². The predicted octanol–water partition coefficient (Wildman–Crippen LogP) is 6.59. The van der Waals surface area contributed by atoms with Crippen LogP contribution in [-0.2, 0) is 14.3 Å². The standard InChI is InChI=1S/C32H45F2N3O4S/c1-40-28(38)15-21-6-5-13-37(19-21)27-12-10-24(30(36-27)42-23-7-3-2-4-8-23)29(39)35-26-11-9-20-14-22-17-32(16-20,18-25(22)26)41-31(33)34/h10,12,20-23,25-26,31H,2-9,11,13-19H2,1H3,(H,35,39)/t20?,21-,22?,25?,26-,32-/m0/s1. The minimum Gasteiger partial charge on any atom is -0.469 e. The maximum Gasteiger partial charge on any atom is 0.345 e. The molecule has 7 nitrogen and oxygen atoms in total. The molecule has 0 aromatic carbocycles. The van der Waals surface area contributed by atoms with E-state index in [1.54, 1.807) is 11.8 Å². The lowest BCUT2D eigenvalue weighted by Gasteiger charge is -2.37. The van der Waals surface area contributed by atoms with E-state index in [1.807, 2.05) is 12.1 Å². The predicted molar refractivity (Wildman–Crippen MR) is 158 cm³/mol. The lowest BCUT2D eigenvalue weighted by molar-refractivity contribution is -0.219. The van der Waals surface area contributed by atoms with Gasteiger partial charge in [-0.2, -0.15) is 8.78 Å². The summed E-state index contributed by atoms with van der Waals surface area (Å²) in [6.45, 7) is -1.13. The van der Waals surface area contributed by atoms with E-state index in [9.17, 15) is 18.4 Å². The van der Waals surface area contributed by atoms with Crippen molar-refractivity contribution in [1.29, 1.82) is 0 Å². The number of carbonyl (C=O) groups is 2. The summed E-state index contributed by atoms with van der Waals surface area (Å²) < 4.78 is 36.9. The number of nitrogens with one attached hydrogen (secondary N) is 1. The number of esters is 1. The van der Waals surface area contributed by atoms with Gasteiger partial charge in [-0.1, -0.05) is 19.3 Å². The third-order valence-electron chi connectivity index (χ3n) is 10.6. The van der Waals surface area contributed by atoms with E-state index < -0.39 is 12.2 Å². The normalized spacial score (nSPS) is 33.0. The number of halogens is 2. The first-order chi connectivity index (χ1) is 20.3. The third kappa shape index (κ3) is 6.74. The molecule has 1 N–H and O–H groups in total. The minimum absolute atomic E-state index is 0.0377. The van der Waals surface area contributed by atoms with Crippen LogP contribution in [0.25, 0.3) is 0 Å². The number of hydrogen-bond acceptors (Lipinski definition) is 7. The summed E-state index contributed by atoms with van der Waals surface area (Å²) in [5.74, 6) is 1.68. The van der Waals surface area contributed by atoms with Crippen LogP contribution in [0.15, 0.2) is 17.2 Å². The van der Waals surface area contributed by atoms with Gasteiger partial charge in [-0.05, 0) is 100 Å². The molecule has 5 fully saturated rings. The van der Waals surface area contributed by atoms with Gasteiger partial charge in [0.05, 0.1) is 18.3 Å². The first kappa shape index (κ1) is 30.1. The molecule has 3 bridgehead atoms. The van der Waals surface area contributed by atoms with E-state index in [1.165, 1.54) is 26.4 Å². The highest BCUT2D eigenvalue weighted by molar-refractivity contribution is 7.99. The Morgan fingerprint density at radius 1 is 1.10 bits per heavy atom. The number of methoxy groups -OCH3 is 1. The van der Waals surface area contributed by atoms with Crippen LogP contribution in [0.1, 0.15) is 100 Å². The van der Waals surface area contributed by atoms with Crippen LogP contribution in [0.5, 0.6) is 0 Å². The molecular weight excluding hydrogens is 560 g/mol. The van der Waals surface area contributed by atoms with Crippen molar-refractivity contribution in [1.82, 2.24) is 10.3 Å². The number of aromatic nitrogens is 1. The van der Waals surface area contributed by atoms with Crippen molar-refractivity contribution in [2.45, 2.75) is 118 Å². The number of piperidine rings is 1. The molecule has 6 rings (SSSR count). The van der Waals surface area contributed by atoms with Crippen molar-refractivity contribution < 1.29 is 27.8 Å². The Morgan fingerprint density at radius 3 is 2.71 bits per heavy atom. The van der Waals surface area contributed by atoms with Crippen LogP contribution in [-0.4, -0.2) is 60.6 Å². The Hall–Kier alpha value is -1.94. The second-order valence-corrected chi connectivity index (χ2v) is 14.8. The van der Waals surface area contributed by atoms with Gasteiger partial charge in [-0.25, -0.2) is 4.98 Å². The maximum atomic E-state index is 13.9. The summed E-state index contributed by atoms with van der Waals surface area (Å²) in [7, 11) is 1.43. The first-order valence-electron chi connectivity index (χ1n) is 16.1. The molecule has 4 aliphatic carbocycles. The molecule has 1 aromatic rings. The SMILES string of the molecule is COC(=O)C[C@@H]1CCCN(c2ccc(C(=O)N[C@H]3CCC4CC5C[C@@](OC(F)F)(C4)CC53)c(SC3CCCCC3)n2)C1. The van der Waals surface area contributed by atoms with Crippen LogP contribution in [0.2, 0.25) is 0 Å². The first-order valence-corrected chi connectivity index (χ1v) is 16.9. The second-order valence-electron chi connectivity index (χ2n) is 13.5. The molecule has 2 heterocycles. The summed E-state index contributed by atoms with van der Waals surface area (Å²) in [6.07, 6.45) is 13.2. The summed E-state index contributed by atoms with van der Waals surface area (Å²) in [5.41, 5.74) is -0.124. The zero-order valence-electron chi connectivity index (χ0n) is 24.7. The largest absolute Gasteiger partial charge is 0.469 e. The van der Waals surface area contributed by atoms with E-state index in [4.69, 9.17) is 14.5 Å². The van der Waals surface area contributed by atoms with E-state index >= 15 is 0 Å². The monoisotopic (exact) mass is 605 g/mol. The Bertz CT molecular complexity index is 1130. The molecule has 0 radical (unpaired) electrons. The third-order valence-corrected chi connectivity index (χ3v) is 12.0. The number of fused-ring (bicyclic) bond motifs is 2. The van der Waals surface area contributed by atoms with Gasteiger partial charge >= 0.3 is 12.6 Å². The molecule has 6 atom stereocenters. The quantitative estimate of drug-likeness (QED) is 0.318. The Kier molecular flexibility index (Phi) is 9.29. The number of rotatable bonds is 9. The Balaban J connectivity index is 1.20. The second kappa shape index (κ2) is 13.0. The fourth-order valence-corrected chi connectivity index (χ4v) is 10.1. The van der Waals surface area contributed by atoms with Gasteiger partial charge in [0.25, 0.3) is 5.91 Å². The summed E-state index contributed by atoms with van der Waals surface area (Å²) in [6, 6.07) is 3.84. The molecule has 1 aromatic heterocycles. The number of alkyl halides is 2. The topological polar surface area (TPSA) is 80.8 Å². The number of ether oxygens (including phenoxy) is 2. The molecule has 232 valence electrons. The van der Waals surface area contributed by atoms with E-state index in [0.717, 1.165) is 75.3 Å². The van der Waals surface area contributed by atoms with Gasteiger partial charge < -0.3 is 19.7 Å². The smallest absolute Gasteiger partial charge is 0.345 e. The lowest BCUT2D eigenvalue weighted by atomic mass is 9.77. The highest BCUT2D eigenvalue weighted by atomic mass is 32.2. The highest BCUT2D eigenvalue weighted by Crippen LogP contribution is 2.57. The molecule has 3 unspecified atom stereocenters. The number of anilines is 1. The number of thioether (sulfide) groups is 1. The Labute approximate surface area is 252 Å². The Morgan fingerprint density at radius 2 is 1.93 bits per heavy atom. The molecular formula is C32H45F2N3O4S. The van der Waals surface area contributed by atoms with Crippen LogP contribution < -0.4 is 10.2 Å². The van der Waals surface area contributed by atoms with E-state index in [2.05, 4.69) is 10.2 Å². The molecule has 10 heteroatoms. The van der Waals surface area contributed by atoms with Crippen molar-refractivity contribution >= 4 is 29.5 Å². The van der Waals surface area contributed by atoms with Crippen molar-refractivity contribution in [2.24, 2.45) is 23.7 Å². The van der Waals surface area contributed by atoms with Crippen molar-refractivity contribution in [3.8, 4) is 0 Å². The minimum atomic E-state index is -2.75. The molecule has 1 saturated heterocycles. The average Bonchev–Trinajstić information content (AvgIpc) is 3.17. The van der Waals surface area contributed by atoms with Gasteiger partial charge in [0, 0.05) is 30.8 Å². The molecule has 1 amide bonds. The summed E-state index contributed by atoms with van der Waals surface area (Å²) in [4.78, 5) is 33.2. The van der Waals surface area contributed by atoms with Gasteiger partial charge in [0.15, 0.2) is 0 Å². The van der Waals surface area contributed by atoms with Crippen molar-refractivity contribution in [2.75, 3.05) is 25.1 Å². The van der Waals surface area contributed by atoms with Crippen molar-refractivity contribution in [3.63, 3.8) is 0 Å². The number of hydrogen-bond donors (Lipinski definition) is 1.